The Morgan fingerprint density at radius 3 is 2.30 bits per heavy atom. The highest BCUT2D eigenvalue weighted by Gasteiger charge is 2.25. The monoisotopic (exact) mass is 427 g/mol. The molecule has 0 saturated carbocycles. The quantitative estimate of drug-likeness (QED) is 0.805. The van der Waals surface area contributed by atoms with Crippen LogP contribution < -0.4 is 15.1 Å². The molecule has 2 aromatic rings. The van der Waals surface area contributed by atoms with E-state index < -0.39 is 0 Å². The molecule has 0 aromatic heterocycles. The molecule has 2 saturated heterocycles. The lowest BCUT2D eigenvalue weighted by Crippen LogP contribution is -2.50. The van der Waals surface area contributed by atoms with E-state index in [9.17, 15) is 4.79 Å². The van der Waals surface area contributed by atoms with Gasteiger partial charge in [-0.1, -0.05) is 23.7 Å². The molecule has 1 N–H and O–H groups in total. The summed E-state index contributed by atoms with van der Waals surface area (Å²) in [5.74, 6) is 0. The second-order valence-corrected chi connectivity index (χ2v) is 8.66. The average molecular weight is 428 g/mol. The number of benzene rings is 2. The first-order valence-corrected chi connectivity index (χ1v) is 11.0. The van der Waals surface area contributed by atoms with E-state index in [1.807, 2.05) is 41.3 Å². The number of piperazine rings is 1. The van der Waals surface area contributed by atoms with Crippen LogP contribution >= 0.6 is 11.6 Å². The van der Waals surface area contributed by atoms with E-state index in [2.05, 4.69) is 46.2 Å². The van der Waals surface area contributed by atoms with Crippen LogP contribution in [-0.2, 0) is 0 Å². The topological polar surface area (TPSA) is 42.1 Å². The maximum atomic E-state index is 12.7. The molecule has 2 fully saturated rings. The molecule has 0 aliphatic carbocycles. The number of carbonyl (C=O) groups is 1. The molecular formula is C23H30ClN5O. The Kier molecular flexibility index (Phi) is 6.35. The molecule has 160 valence electrons. The van der Waals surface area contributed by atoms with E-state index in [0.717, 1.165) is 42.6 Å². The number of nitrogens with one attached hydrogen (secondary N) is 1. The normalized spacial score (nSPS) is 19.5. The number of amides is 2. The van der Waals surface area contributed by atoms with E-state index in [4.69, 9.17) is 11.6 Å². The SMILES string of the molecule is CN(C)C1CCN(c2ccc(NC(=O)N3CCN(c4ccccc4Cl)CC3)cc2)C1. The summed E-state index contributed by atoms with van der Waals surface area (Å²) in [7, 11) is 4.28. The molecule has 1 atom stereocenters. The van der Waals surface area contributed by atoms with Crippen molar-refractivity contribution in [2.45, 2.75) is 12.5 Å². The lowest BCUT2D eigenvalue weighted by atomic mass is 10.2. The third kappa shape index (κ3) is 4.65. The molecule has 2 heterocycles. The van der Waals surface area contributed by atoms with Crippen LogP contribution in [-0.4, -0.2) is 75.2 Å². The van der Waals surface area contributed by atoms with Crippen molar-refractivity contribution in [1.82, 2.24) is 9.80 Å². The number of carbonyl (C=O) groups excluding carboxylic acids is 1. The summed E-state index contributed by atoms with van der Waals surface area (Å²) >= 11 is 6.31. The van der Waals surface area contributed by atoms with Gasteiger partial charge in [-0.25, -0.2) is 4.79 Å². The number of hydrogen-bond acceptors (Lipinski definition) is 4. The van der Waals surface area contributed by atoms with Crippen molar-refractivity contribution in [3.63, 3.8) is 0 Å². The highest BCUT2D eigenvalue weighted by molar-refractivity contribution is 6.33. The van der Waals surface area contributed by atoms with Crippen LogP contribution in [0, 0.1) is 0 Å². The zero-order chi connectivity index (χ0) is 21.1. The number of anilines is 3. The first kappa shape index (κ1) is 20.8. The second-order valence-electron chi connectivity index (χ2n) is 8.25. The molecule has 0 spiro atoms. The maximum Gasteiger partial charge on any atom is 0.321 e. The van der Waals surface area contributed by atoms with Gasteiger partial charge < -0.3 is 24.9 Å². The lowest BCUT2D eigenvalue weighted by molar-refractivity contribution is 0.208. The molecule has 6 nitrogen and oxygen atoms in total. The van der Waals surface area contributed by atoms with E-state index in [1.54, 1.807) is 0 Å². The second kappa shape index (κ2) is 9.14. The summed E-state index contributed by atoms with van der Waals surface area (Å²) in [5, 5.41) is 3.79. The van der Waals surface area contributed by atoms with Crippen molar-refractivity contribution >= 4 is 34.7 Å². The summed E-state index contributed by atoms with van der Waals surface area (Å²) in [6.07, 6.45) is 1.19. The van der Waals surface area contributed by atoms with Crippen LogP contribution in [0.4, 0.5) is 21.9 Å². The number of hydrogen-bond donors (Lipinski definition) is 1. The number of para-hydroxylation sites is 1. The Morgan fingerprint density at radius 1 is 0.967 bits per heavy atom. The van der Waals surface area contributed by atoms with Crippen LogP contribution in [0.1, 0.15) is 6.42 Å². The highest BCUT2D eigenvalue weighted by atomic mass is 35.5. The molecule has 0 bridgehead atoms. The first-order valence-electron chi connectivity index (χ1n) is 10.6. The number of nitrogens with zero attached hydrogens (tertiary/aromatic N) is 4. The molecule has 30 heavy (non-hydrogen) atoms. The van der Waals surface area contributed by atoms with Crippen molar-refractivity contribution < 1.29 is 4.79 Å². The van der Waals surface area contributed by atoms with Gasteiger partial charge in [0.15, 0.2) is 0 Å². The molecule has 7 heteroatoms. The van der Waals surface area contributed by atoms with Gasteiger partial charge in [0, 0.05) is 56.7 Å². The van der Waals surface area contributed by atoms with Crippen molar-refractivity contribution in [2.24, 2.45) is 0 Å². The molecule has 2 amide bonds. The number of likely N-dealkylation sites (N-methyl/N-ethyl adjacent to an activating group) is 1. The first-order chi connectivity index (χ1) is 14.5. The van der Waals surface area contributed by atoms with Crippen LogP contribution in [0.5, 0.6) is 0 Å². The molecule has 2 aliphatic rings. The molecule has 1 unspecified atom stereocenters. The summed E-state index contributed by atoms with van der Waals surface area (Å²) in [6.45, 7) is 5.03. The van der Waals surface area contributed by atoms with Gasteiger partial charge in [-0.2, -0.15) is 0 Å². The number of halogens is 1. The standard InChI is InChI=1S/C23H30ClN5O/c1-26(2)20-11-12-29(17-20)19-9-7-18(8-10-19)25-23(30)28-15-13-27(14-16-28)22-6-4-3-5-21(22)24/h3-10,20H,11-17H2,1-2H3,(H,25,30). The fourth-order valence-corrected chi connectivity index (χ4v) is 4.47. The van der Waals surface area contributed by atoms with E-state index in [0.29, 0.717) is 19.1 Å². The van der Waals surface area contributed by atoms with Gasteiger partial charge in [0.1, 0.15) is 0 Å². The molecule has 4 rings (SSSR count). The minimum Gasteiger partial charge on any atom is -0.370 e. The maximum absolute atomic E-state index is 12.7. The third-order valence-corrected chi connectivity index (χ3v) is 6.46. The van der Waals surface area contributed by atoms with Crippen molar-refractivity contribution in [3.05, 3.63) is 53.6 Å². The van der Waals surface area contributed by atoms with Crippen LogP contribution in [0.3, 0.4) is 0 Å². The van der Waals surface area contributed by atoms with Crippen LogP contribution in [0.2, 0.25) is 5.02 Å². The predicted molar refractivity (Wildman–Crippen MR) is 125 cm³/mol. The zero-order valence-electron chi connectivity index (χ0n) is 17.7. The zero-order valence-corrected chi connectivity index (χ0v) is 18.5. The van der Waals surface area contributed by atoms with Crippen molar-refractivity contribution in [1.29, 1.82) is 0 Å². The summed E-state index contributed by atoms with van der Waals surface area (Å²) in [6, 6.07) is 16.6. The summed E-state index contributed by atoms with van der Waals surface area (Å²) in [4.78, 5) is 21.5. The van der Waals surface area contributed by atoms with Gasteiger partial charge >= 0.3 is 6.03 Å². The van der Waals surface area contributed by atoms with E-state index >= 15 is 0 Å². The average Bonchev–Trinajstić information content (AvgIpc) is 3.25. The molecule has 0 radical (unpaired) electrons. The summed E-state index contributed by atoms with van der Waals surface area (Å²) in [5.41, 5.74) is 3.08. The Morgan fingerprint density at radius 2 is 1.67 bits per heavy atom. The van der Waals surface area contributed by atoms with E-state index in [1.165, 1.54) is 12.1 Å². The fourth-order valence-electron chi connectivity index (χ4n) is 4.21. The third-order valence-electron chi connectivity index (χ3n) is 6.14. The van der Waals surface area contributed by atoms with Gasteiger partial charge in [-0.15, -0.1) is 0 Å². The van der Waals surface area contributed by atoms with Crippen LogP contribution in [0.25, 0.3) is 0 Å². The summed E-state index contributed by atoms with van der Waals surface area (Å²) < 4.78 is 0. The van der Waals surface area contributed by atoms with Gasteiger partial charge in [0.25, 0.3) is 0 Å². The smallest absolute Gasteiger partial charge is 0.321 e. The van der Waals surface area contributed by atoms with Crippen molar-refractivity contribution in [3.8, 4) is 0 Å². The fraction of sp³-hybridized carbons (Fsp3) is 0.435. The number of rotatable bonds is 4. The minimum atomic E-state index is -0.0459. The van der Waals surface area contributed by atoms with Gasteiger partial charge in [0.05, 0.1) is 10.7 Å². The van der Waals surface area contributed by atoms with Crippen LogP contribution in [0.15, 0.2) is 48.5 Å². The Labute approximate surface area is 184 Å². The Balaban J connectivity index is 1.29. The number of urea groups is 1. The van der Waals surface area contributed by atoms with Gasteiger partial charge in [0.2, 0.25) is 0 Å². The lowest BCUT2D eigenvalue weighted by Gasteiger charge is -2.36. The molecule has 2 aliphatic heterocycles. The molecule has 2 aromatic carbocycles. The predicted octanol–water partition coefficient (Wildman–Crippen LogP) is 3.83. The Hall–Kier alpha value is -2.44. The van der Waals surface area contributed by atoms with Gasteiger partial charge in [-0.3, -0.25) is 0 Å². The minimum absolute atomic E-state index is 0.0459. The molecular weight excluding hydrogens is 398 g/mol. The Bertz CT molecular complexity index is 864. The largest absolute Gasteiger partial charge is 0.370 e. The highest BCUT2D eigenvalue weighted by Crippen LogP contribution is 2.27. The van der Waals surface area contributed by atoms with Gasteiger partial charge in [-0.05, 0) is 56.9 Å². The van der Waals surface area contributed by atoms with E-state index in [-0.39, 0.29) is 6.03 Å². The van der Waals surface area contributed by atoms with Crippen molar-refractivity contribution in [2.75, 3.05) is 68.5 Å².